The van der Waals surface area contributed by atoms with Crippen LogP contribution in [0.2, 0.25) is 0 Å². The fraction of sp³-hybridized carbons (Fsp3) is 0.421. The molecule has 0 bridgehead atoms. The Labute approximate surface area is 159 Å². The Bertz CT molecular complexity index is 692. The molecule has 1 unspecified atom stereocenters. The number of ether oxygens (including phenoxy) is 1. The summed E-state index contributed by atoms with van der Waals surface area (Å²) in [6.45, 7) is 4.31. The average molecular weight is 384 g/mol. The van der Waals surface area contributed by atoms with E-state index in [0.717, 1.165) is 42.9 Å². The average Bonchev–Trinajstić information content (AvgIpc) is 2.59. The summed E-state index contributed by atoms with van der Waals surface area (Å²) in [6, 6.07) is 8.17. The Morgan fingerprint density at radius 3 is 2.65 bits per heavy atom. The molecule has 1 N–H and O–H groups in total. The SMILES string of the molecule is Cc1cc(CN2CCNCC2c2cccnc2)cc(C)c1OC(F)F.Cl. The van der Waals surface area contributed by atoms with Crippen LogP contribution in [0.15, 0.2) is 36.7 Å². The van der Waals surface area contributed by atoms with Crippen LogP contribution in [0.3, 0.4) is 0 Å². The standard InChI is InChI=1S/C19H23F2N3O.ClH/c1-13-8-15(9-14(2)18(13)25-19(20)21)12-24-7-6-23-11-17(24)16-4-3-5-22-10-16;/h3-5,8-10,17,19,23H,6-7,11-12H2,1-2H3;1H. The van der Waals surface area contributed by atoms with Crippen molar-refractivity contribution in [3.63, 3.8) is 0 Å². The van der Waals surface area contributed by atoms with Gasteiger partial charge in [0, 0.05) is 44.6 Å². The highest BCUT2D eigenvalue weighted by molar-refractivity contribution is 5.85. The number of piperazine rings is 1. The van der Waals surface area contributed by atoms with Gasteiger partial charge in [0.1, 0.15) is 5.75 Å². The minimum atomic E-state index is -2.80. The van der Waals surface area contributed by atoms with E-state index in [1.165, 1.54) is 5.56 Å². The highest BCUT2D eigenvalue weighted by atomic mass is 35.5. The lowest BCUT2D eigenvalue weighted by atomic mass is 10.0. The molecule has 3 rings (SSSR count). The van der Waals surface area contributed by atoms with Gasteiger partial charge in [-0.1, -0.05) is 18.2 Å². The van der Waals surface area contributed by atoms with Crippen molar-refractivity contribution in [2.24, 2.45) is 0 Å². The van der Waals surface area contributed by atoms with Crippen molar-refractivity contribution >= 4 is 12.4 Å². The van der Waals surface area contributed by atoms with Gasteiger partial charge in [-0.3, -0.25) is 9.88 Å². The molecule has 7 heteroatoms. The molecular formula is C19H24ClF2N3O. The summed E-state index contributed by atoms with van der Waals surface area (Å²) in [5, 5.41) is 3.43. The second-order valence-electron chi connectivity index (χ2n) is 6.41. The van der Waals surface area contributed by atoms with Gasteiger partial charge in [-0.15, -0.1) is 12.4 Å². The molecule has 1 aromatic heterocycles. The highest BCUT2D eigenvalue weighted by Crippen LogP contribution is 2.29. The summed E-state index contributed by atoms with van der Waals surface area (Å²) in [4.78, 5) is 6.62. The fourth-order valence-corrected chi connectivity index (χ4v) is 3.48. The maximum atomic E-state index is 12.5. The first kappa shape index (κ1) is 20.6. The predicted molar refractivity (Wildman–Crippen MR) is 100 cm³/mol. The van der Waals surface area contributed by atoms with Gasteiger partial charge in [0.25, 0.3) is 0 Å². The zero-order chi connectivity index (χ0) is 17.8. The minimum Gasteiger partial charge on any atom is -0.434 e. The van der Waals surface area contributed by atoms with Crippen LogP contribution in [-0.2, 0) is 6.54 Å². The molecule has 1 fully saturated rings. The Hall–Kier alpha value is -1.76. The molecule has 0 saturated carbocycles. The molecule has 4 nitrogen and oxygen atoms in total. The van der Waals surface area contributed by atoms with Crippen molar-refractivity contribution < 1.29 is 13.5 Å². The van der Waals surface area contributed by atoms with Gasteiger partial charge in [-0.2, -0.15) is 8.78 Å². The third-order valence-electron chi connectivity index (χ3n) is 4.54. The van der Waals surface area contributed by atoms with E-state index >= 15 is 0 Å². The molecule has 1 aliphatic heterocycles. The van der Waals surface area contributed by atoms with Gasteiger partial charge in [0.2, 0.25) is 0 Å². The lowest BCUT2D eigenvalue weighted by molar-refractivity contribution is -0.0507. The molecule has 1 aliphatic rings. The van der Waals surface area contributed by atoms with Crippen molar-refractivity contribution in [2.75, 3.05) is 19.6 Å². The first-order valence-corrected chi connectivity index (χ1v) is 8.44. The predicted octanol–water partition coefficient (Wildman–Crippen LogP) is 3.87. The van der Waals surface area contributed by atoms with Crippen molar-refractivity contribution in [1.29, 1.82) is 0 Å². The van der Waals surface area contributed by atoms with Gasteiger partial charge < -0.3 is 10.1 Å². The van der Waals surface area contributed by atoms with Gasteiger partial charge in [0.15, 0.2) is 0 Å². The zero-order valence-corrected chi connectivity index (χ0v) is 15.7. The van der Waals surface area contributed by atoms with Crippen LogP contribution in [0.25, 0.3) is 0 Å². The molecule has 1 saturated heterocycles. The molecular weight excluding hydrogens is 360 g/mol. The molecule has 142 valence electrons. The first-order chi connectivity index (χ1) is 12.0. The van der Waals surface area contributed by atoms with Gasteiger partial charge in [-0.25, -0.2) is 0 Å². The van der Waals surface area contributed by atoms with Crippen LogP contribution in [0.5, 0.6) is 5.75 Å². The number of halogens is 3. The van der Waals surface area contributed by atoms with E-state index in [-0.39, 0.29) is 24.2 Å². The quantitative estimate of drug-likeness (QED) is 0.850. The van der Waals surface area contributed by atoms with Gasteiger partial charge >= 0.3 is 6.61 Å². The molecule has 0 radical (unpaired) electrons. The number of rotatable bonds is 5. The van der Waals surface area contributed by atoms with E-state index in [9.17, 15) is 8.78 Å². The summed E-state index contributed by atoms with van der Waals surface area (Å²) in [5.74, 6) is 0.280. The second kappa shape index (κ2) is 9.26. The number of hydrogen-bond acceptors (Lipinski definition) is 4. The summed E-state index contributed by atoms with van der Waals surface area (Å²) < 4.78 is 29.7. The molecule has 2 heterocycles. The van der Waals surface area contributed by atoms with E-state index in [2.05, 4.69) is 26.0 Å². The normalized spacial score (nSPS) is 17.8. The number of pyridine rings is 1. The number of aromatic nitrogens is 1. The Kier molecular flexibility index (Phi) is 7.32. The lowest BCUT2D eigenvalue weighted by Gasteiger charge is -2.36. The van der Waals surface area contributed by atoms with Crippen LogP contribution in [-0.4, -0.2) is 36.1 Å². The lowest BCUT2D eigenvalue weighted by Crippen LogP contribution is -2.45. The second-order valence-corrected chi connectivity index (χ2v) is 6.41. The third-order valence-corrected chi connectivity index (χ3v) is 4.54. The molecule has 26 heavy (non-hydrogen) atoms. The molecule has 1 atom stereocenters. The number of nitrogens with zero attached hydrogens (tertiary/aromatic N) is 2. The van der Waals surface area contributed by atoms with Crippen molar-refractivity contribution in [3.05, 3.63) is 58.9 Å². The van der Waals surface area contributed by atoms with Gasteiger partial charge in [0.05, 0.1) is 0 Å². The van der Waals surface area contributed by atoms with E-state index in [4.69, 9.17) is 0 Å². The number of alkyl halides is 2. The molecule has 1 aromatic carbocycles. The van der Waals surface area contributed by atoms with Crippen LogP contribution < -0.4 is 10.1 Å². The monoisotopic (exact) mass is 383 g/mol. The topological polar surface area (TPSA) is 37.4 Å². The number of aryl methyl sites for hydroxylation is 2. The molecule has 2 aromatic rings. The van der Waals surface area contributed by atoms with Crippen molar-refractivity contribution in [2.45, 2.75) is 33.0 Å². The smallest absolute Gasteiger partial charge is 0.387 e. The Balaban J connectivity index is 0.00000243. The Morgan fingerprint density at radius 2 is 2.04 bits per heavy atom. The number of benzene rings is 1. The van der Waals surface area contributed by atoms with E-state index in [1.807, 2.05) is 38.2 Å². The van der Waals surface area contributed by atoms with E-state index in [1.54, 1.807) is 6.20 Å². The summed E-state index contributed by atoms with van der Waals surface area (Å²) in [5.41, 5.74) is 3.76. The molecule has 0 spiro atoms. The number of hydrogen-bond donors (Lipinski definition) is 1. The Morgan fingerprint density at radius 1 is 1.31 bits per heavy atom. The minimum absolute atomic E-state index is 0. The largest absolute Gasteiger partial charge is 0.434 e. The van der Waals surface area contributed by atoms with Crippen LogP contribution in [0.1, 0.15) is 28.3 Å². The summed E-state index contributed by atoms with van der Waals surface area (Å²) >= 11 is 0. The highest BCUT2D eigenvalue weighted by Gasteiger charge is 2.24. The van der Waals surface area contributed by atoms with Crippen LogP contribution in [0.4, 0.5) is 8.78 Å². The molecule has 0 aliphatic carbocycles. The van der Waals surface area contributed by atoms with Crippen molar-refractivity contribution in [1.82, 2.24) is 15.2 Å². The van der Waals surface area contributed by atoms with Crippen LogP contribution in [0, 0.1) is 13.8 Å². The van der Waals surface area contributed by atoms with Crippen LogP contribution >= 0.6 is 12.4 Å². The van der Waals surface area contributed by atoms with Gasteiger partial charge in [-0.05, 0) is 42.2 Å². The maximum absolute atomic E-state index is 12.5. The molecule has 0 amide bonds. The van der Waals surface area contributed by atoms with E-state index in [0.29, 0.717) is 0 Å². The fourth-order valence-electron chi connectivity index (χ4n) is 3.48. The van der Waals surface area contributed by atoms with Crippen molar-refractivity contribution in [3.8, 4) is 5.75 Å². The summed E-state index contributed by atoms with van der Waals surface area (Å²) in [6.07, 6.45) is 3.68. The number of nitrogens with one attached hydrogen (secondary N) is 1. The third kappa shape index (κ3) is 4.90. The van der Waals surface area contributed by atoms with E-state index < -0.39 is 6.61 Å². The zero-order valence-electron chi connectivity index (χ0n) is 14.9. The maximum Gasteiger partial charge on any atom is 0.387 e. The first-order valence-electron chi connectivity index (χ1n) is 8.44. The summed E-state index contributed by atoms with van der Waals surface area (Å²) in [7, 11) is 0.